The Kier molecular flexibility index (Phi) is 9.97. The SMILES string of the molecule is CCCC(=O)Nc1cccc(CNC(=O)CNC(=O)CNC(=O)c2ccc(Cl)cc2Cl)c1. The Labute approximate surface area is 196 Å². The van der Waals surface area contributed by atoms with Crippen molar-refractivity contribution >= 4 is 52.5 Å². The topological polar surface area (TPSA) is 116 Å². The Morgan fingerprint density at radius 3 is 2.28 bits per heavy atom. The van der Waals surface area contributed by atoms with Gasteiger partial charge in [-0.25, -0.2) is 0 Å². The second-order valence-corrected chi connectivity index (χ2v) is 7.70. The standard InChI is InChI=1S/C22H24Cl2N4O4/c1-2-4-19(29)28-16-6-3-5-14(9-16)11-25-20(30)12-26-21(31)13-27-22(32)17-8-7-15(23)10-18(17)24/h3,5-10H,2,4,11-13H2,1H3,(H,25,30)(H,26,31)(H,27,32)(H,28,29). The number of anilines is 1. The fraction of sp³-hybridized carbons (Fsp3) is 0.273. The summed E-state index contributed by atoms with van der Waals surface area (Å²) < 4.78 is 0. The normalized spacial score (nSPS) is 10.2. The van der Waals surface area contributed by atoms with Crippen LogP contribution in [0.15, 0.2) is 42.5 Å². The number of halogens is 2. The van der Waals surface area contributed by atoms with Crippen LogP contribution in [0.3, 0.4) is 0 Å². The summed E-state index contributed by atoms with van der Waals surface area (Å²) in [6.45, 7) is 1.60. The summed E-state index contributed by atoms with van der Waals surface area (Å²) in [5, 5.41) is 10.9. The molecule has 0 aliphatic heterocycles. The van der Waals surface area contributed by atoms with Crippen molar-refractivity contribution in [3.05, 3.63) is 63.6 Å². The molecule has 0 aromatic heterocycles. The maximum Gasteiger partial charge on any atom is 0.253 e. The Hall–Kier alpha value is -3.10. The van der Waals surface area contributed by atoms with Gasteiger partial charge in [0.25, 0.3) is 5.91 Å². The molecule has 2 rings (SSSR count). The summed E-state index contributed by atoms with van der Waals surface area (Å²) >= 11 is 11.7. The van der Waals surface area contributed by atoms with E-state index in [-0.39, 0.29) is 36.1 Å². The van der Waals surface area contributed by atoms with Crippen molar-refractivity contribution in [2.45, 2.75) is 26.3 Å². The van der Waals surface area contributed by atoms with Crippen molar-refractivity contribution in [3.8, 4) is 0 Å². The molecule has 2 aromatic carbocycles. The zero-order chi connectivity index (χ0) is 23.5. The van der Waals surface area contributed by atoms with Gasteiger partial charge in [-0.15, -0.1) is 0 Å². The largest absolute Gasteiger partial charge is 0.350 e. The van der Waals surface area contributed by atoms with Crippen LogP contribution in [0.4, 0.5) is 5.69 Å². The molecule has 4 N–H and O–H groups in total. The summed E-state index contributed by atoms with van der Waals surface area (Å²) in [7, 11) is 0. The van der Waals surface area contributed by atoms with Gasteiger partial charge in [-0.3, -0.25) is 19.2 Å². The summed E-state index contributed by atoms with van der Waals surface area (Å²) in [4.78, 5) is 47.7. The third-order valence-corrected chi connectivity index (χ3v) is 4.76. The van der Waals surface area contributed by atoms with Gasteiger partial charge >= 0.3 is 0 Å². The lowest BCUT2D eigenvalue weighted by Crippen LogP contribution is -2.41. The van der Waals surface area contributed by atoms with Crippen LogP contribution in [0.2, 0.25) is 10.0 Å². The first-order valence-corrected chi connectivity index (χ1v) is 10.7. The van der Waals surface area contributed by atoms with Crippen LogP contribution >= 0.6 is 23.2 Å². The van der Waals surface area contributed by atoms with E-state index in [0.29, 0.717) is 17.1 Å². The molecule has 4 amide bonds. The number of hydrogen-bond acceptors (Lipinski definition) is 4. The van der Waals surface area contributed by atoms with Gasteiger partial charge < -0.3 is 21.3 Å². The average molecular weight is 479 g/mol. The Morgan fingerprint density at radius 2 is 1.56 bits per heavy atom. The van der Waals surface area contributed by atoms with Crippen molar-refractivity contribution < 1.29 is 19.2 Å². The third-order valence-electron chi connectivity index (χ3n) is 4.21. The molecule has 0 fully saturated rings. The lowest BCUT2D eigenvalue weighted by molar-refractivity contribution is -0.125. The third kappa shape index (κ3) is 8.56. The van der Waals surface area contributed by atoms with E-state index in [1.807, 2.05) is 13.0 Å². The van der Waals surface area contributed by atoms with E-state index in [2.05, 4.69) is 21.3 Å². The van der Waals surface area contributed by atoms with Crippen molar-refractivity contribution in [1.82, 2.24) is 16.0 Å². The average Bonchev–Trinajstić information content (AvgIpc) is 2.75. The monoisotopic (exact) mass is 478 g/mol. The van der Waals surface area contributed by atoms with Crippen LogP contribution < -0.4 is 21.3 Å². The van der Waals surface area contributed by atoms with Gasteiger partial charge in [0.1, 0.15) is 0 Å². The Balaban J connectivity index is 1.72. The molecule has 0 saturated heterocycles. The van der Waals surface area contributed by atoms with E-state index < -0.39 is 17.7 Å². The molecule has 32 heavy (non-hydrogen) atoms. The lowest BCUT2D eigenvalue weighted by atomic mass is 10.2. The quantitative estimate of drug-likeness (QED) is 0.419. The smallest absolute Gasteiger partial charge is 0.253 e. The lowest BCUT2D eigenvalue weighted by Gasteiger charge is -2.10. The van der Waals surface area contributed by atoms with Gasteiger partial charge in [-0.2, -0.15) is 0 Å². The first-order valence-electron chi connectivity index (χ1n) is 9.94. The number of benzene rings is 2. The molecule has 0 bridgehead atoms. The van der Waals surface area contributed by atoms with Gasteiger partial charge in [-0.05, 0) is 42.3 Å². The number of amides is 4. The molecule has 170 valence electrons. The van der Waals surface area contributed by atoms with Gasteiger partial charge in [-0.1, -0.05) is 42.3 Å². The van der Waals surface area contributed by atoms with Gasteiger partial charge in [0, 0.05) is 23.7 Å². The predicted octanol–water partition coefficient (Wildman–Crippen LogP) is 2.89. The highest BCUT2D eigenvalue weighted by Crippen LogP contribution is 2.20. The maximum absolute atomic E-state index is 12.1. The van der Waals surface area contributed by atoms with E-state index in [9.17, 15) is 19.2 Å². The first kappa shape index (κ1) is 25.2. The minimum atomic E-state index is -0.530. The summed E-state index contributed by atoms with van der Waals surface area (Å²) in [6.07, 6.45) is 1.19. The number of rotatable bonds is 10. The summed E-state index contributed by atoms with van der Waals surface area (Å²) in [6, 6.07) is 11.5. The van der Waals surface area contributed by atoms with Crippen LogP contribution in [-0.2, 0) is 20.9 Å². The Bertz CT molecular complexity index is 998. The van der Waals surface area contributed by atoms with Crippen molar-refractivity contribution in [3.63, 3.8) is 0 Å². The number of hydrogen-bond donors (Lipinski definition) is 4. The van der Waals surface area contributed by atoms with Crippen molar-refractivity contribution in [2.24, 2.45) is 0 Å². The molecule has 8 nitrogen and oxygen atoms in total. The molecule has 0 atom stereocenters. The molecule has 2 aromatic rings. The van der Waals surface area contributed by atoms with Crippen LogP contribution in [0.5, 0.6) is 0 Å². The summed E-state index contributed by atoms with van der Waals surface area (Å²) in [5.41, 5.74) is 1.64. The van der Waals surface area contributed by atoms with E-state index in [1.165, 1.54) is 18.2 Å². The highest BCUT2D eigenvalue weighted by Gasteiger charge is 2.12. The highest BCUT2D eigenvalue weighted by atomic mass is 35.5. The van der Waals surface area contributed by atoms with E-state index in [1.54, 1.807) is 18.2 Å². The molecule has 0 heterocycles. The fourth-order valence-electron chi connectivity index (χ4n) is 2.64. The first-order chi connectivity index (χ1) is 15.3. The van der Waals surface area contributed by atoms with Gasteiger partial charge in [0.15, 0.2) is 0 Å². The zero-order valence-corrected chi connectivity index (χ0v) is 19.0. The highest BCUT2D eigenvalue weighted by molar-refractivity contribution is 6.36. The van der Waals surface area contributed by atoms with Crippen LogP contribution in [0.1, 0.15) is 35.7 Å². The van der Waals surface area contributed by atoms with Gasteiger partial charge in [0.05, 0.1) is 23.7 Å². The second kappa shape index (κ2) is 12.7. The van der Waals surface area contributed by atoms with Crippen molar-refractivity contribution in [1.29, 1.82) is 0 Å². The number of carbonyl (C=O) groups excluding carboxylic acids is 4. The molecule has 0 aliphatic carbocycles. The number of carbonyl (C=O) groups is 4. The molecule has 0 saturated carbocycles. The maximum atomic E-state index is 12.1. The van der Waals surface area contributed by atoms with E-state index in [4.69, 9.17) is 23.2 Å². The molecular formula is C22H24Cl2N4O4. The predicted molar refractivity (Wildman–Crippen MR) is 124 cm³/mol. The molecular weight excluding hydrogens is 455 g/mol. The molecule has 0 aliphatic rings. The van der Waals surface area contributed by atoms with Crippen LogP contribution in [-0.4, -0.2) is 36.7 Å². The van der Waals surface area contributed by atoms with E-state index in [0.717, 1.165) is 12.0 Å². The van der Waals surface area contributed by atoms with Crippen LogP contribution in [0.25, 0.3) is 0 Å². The molecule has 0 radical (unpaired) electrons. The second-order valence-electron chi connectivity index (χ2n) is 6.86. The van der Waals surface area contributed by atoms with E-state index >= 15 is 0 Å². The molecule has 0 spiro atoms. The molecule has 10 heteroatoms. The zero-order valence-electron chi connectivity index (χ0n) is 17.5. The summed E-state index contributed by atoms with van der Waals surface area (Å²) in [5.74, 6) is -1.52. The van der Waals surface area contributed by atoms with Crippen LogP contribution in [0, 0.1) is 0 Å². The molecule has 0 unspecified atom stereocenters. The number of nitrogens with one attached hydrogen (secondary N) is 4. The minimum Gasteiger partial charge on any atom is -0.350 e. The minimum absolute atomic E-state index is 0.0678. The van der Waals surface area contributed by atoms with Crippen molar-refractivity contribution in [2.75, 3.05) is 18.4 Å². The Morgan fingerprint density at radius 1 is 0.844 bits per heavy atom. The fourth-order valence-corrected chi connectivity index (χ4v) is 3.14. The van der Waals surface area contributed by atoms with Gasteiger partial charge in [0.2, 0.25) is 17.7 Å².